The third kappa shape index (κ3) is 8.09. The lowest BCUT2D eigenvalue weighted by atomic mass is 9.81. The first-order chi connectivity index (χ1) is 25.2. The lowest BCUT2D eigenvalue weighted by Gasteiger charge is -2.43. The van der Waals surface area contributed by atoms with Gasteiger partial charge in [-0.25, -0.2) is 9.59 Å². The van der Waals surface area contributed by atoms with Crippen molar-refractivity contribution in [3.63, 3.8) is 0 Å². The van der Waals surface area contributed by atoms with Gasteiger partial charge in [-0.05, 0) is 6.42 Å². The maximum absolute atomic E-state index is 13.6. The van der Waals surface area contributed by atoms with Gasteiger partial charge in [0.25, 0.3) is 0 Å². The number of hydrogen-bond donors (Lipinski definition) is 9. The third-order valence-corrected chi connectivity index (χ3v) is 10.5. The monoisotopic (exact) mass is 762 g/mol. The van der Waals surface area contributed by atoms with Crippen molar-refractivity contribution in [2.24, 2.45) is 29.6 Å². The number of carbonyl (C=O) groups excluding carboxylic acids is 2. The van der Waals surface area contributed by atoms with Crippen LogP contribution >= 0.6 is 0 Å². The van der Waals surface area contributed by atoms with Crippen LogP contribution in [0.15, 0.2) is 36.3 Å². The Morgan fingerprint density at radius 1 is 0.811 bits per heavy atom. The molecule has 0 amide bonds. The third-order valence-electron chi connectivity index (χ3n) is 10.5. The molecule has 8 unspecified atom stereocenters. The number of carboxylic acids is 1. The minimum absolute atomic E-state index is 0.00514. The number of ether oxygens (including phenoxy) is 8. The fraction of sp³-hybridized carbons (Fsp3) is 0.727. The maximum atomic E-state index is 13.6. The molecular formula is C33H46O20. The van der Waals surface area contributed by atoms with Crippen LogP contribution in [0, 0.1) is 29.6 Å². The van der Waals surface area contributed by atoms with E-state index in [1.54, 1.807) is 6.92 Å². The Morgan fingerprint density at radius 2 is 1.34 bits per heavy atom. The van der Waals surface area contributed by atoms with Gasteiger partial charge in [0.15, 0.2) is 12.6 Å². The van der Waals surface area contributed by atoms with Crippen molar-refractivity contribution in [2.45, 2.75) is 99.9 Å². The molecule has 2 saturated heterocycles. The van der Waals surface area contributed by atoms with E-state index in [0.29, 0.717) is 0 Å². The van der Waals surface area contributed by atoms with Gasteiger partial charge in [0.05, 0.1) is 50.4 Å². The highest BCUT2D eigenvalue weighted by Gasteiger charge is 2.55. The predicted molar refractivity (Wildman–Crippen MR) is 168 cm³/mol. The smallest absolute Gasteiger partial charge is 0.337 e. The summed E-state index contributed by atoms with van der Waals surface area (Å²) < 4.78 is 44.5. The lowest BCUT2D eigenvalue weighted by Crippen LogP contribution is -2.60. The van der Waals surface area contributed by atoms with Gasteiger partial charge < -0.3 is 83.9 Å². The second kappa shape index (κ2) is 17.0. The largest absolute Gasteiger partial charge is 0.478 e. The number of methoxy groups -OCH3 is 1. The van der Waals surface area contributed by atoms with Crippen molar-refractivity contribution in [1.82, 2.24) is 0 Å². The van der Waals surface area contributed by atoms with E-state index in [-0.39, 0.29) is 17.6 Å². The Hall–Kier alpha value is -3.25. The average Bonchev–Trinajstić information content (AvgIpc) is 3.46. The molecule has 3 fully saturated rings. The molecule has 1 aliphatic carbocycles. The summed E-state index contributed by atoms with van der Waals surface area (Å²) in [6, 6.07) is 0. The quantitative estimate of drug-likeness (QED) is 0.0684. The fourth-order valence-electron chi connectivity index (χ4n) is 7.51. The molecule has 20 heteroatoms. The molecule has 4 heterocycles. The number of esters is 2. The molecule has 0 bridgehead atoms. The molecular weight excluding hydrogens is 716 g/mol. The molecule has 53 heavy (non-hydrogen) atoms. The molecule has 0 aromatic rings. The van der Waals surface area contributed by atoms with E-state index >= 15 is 0 Å². The van der Waals surface area contributed by atoms with Gasteiger partial charge in [-0.15, -0.1) is 6.58 Å². The second-order valence-corrected chi connectivity index (χ2v) is 13.5. The number of carbonyl (C=O) groups is 3. The van der Waals surface area contributed by atoms with Crippen LogP contribution in [0.2, 0.25) is 0 Å². The Balaban J connectivity index is 1.32. The number of hydrogen-bond acceptors (Lipinski definition) is 19. The van der Waals surface area contributed by atoms with Crippen LogP contribution in [0.4, 0.5) is 0 Å². The van der Waals surface area contributed by atoms with Crippen LogP contribution in [0.1, 0.15) is 19.8 Å². The van der Waals surface area contributed by atoms with E-state index in [1.807, 2.05) is 0 Å². The Kier molecular flexibility index (Phi) is 13.2. The normalized spacial score (nSPS) is 44.0. The summed E-state index contributed by atoms with van der Waals surface area (Å²) in [5.74, 6) is -7.32. The summed E-state index contributed by atoms with van der Waals surface area (Å²) in [6.45, 7) is 3.99. The minimum atomic E-state index is -1.79. The Labute approximate surface area is 302 Å². The standard InChI is InChI=1S/C33H46O20/c1-4-12-13(16(29(45)46-3)10-47-30(12)52-32-26(41)24(39)22(37)18(7-34)50-32)6-20(36)49-17-5-14-15(28(43)44)9-48-31(21(14)11(17)2)53-33-27(42)25(40)23(38)19(8-35)51-33/h4,9-14,17-19,21-27,30-35,37-42H,1,5-8H2,2-3H3,(H,43,44)/t11?,12?,13?,14?,17?,18-,19-,21?,22-,23-,24+,25+,26-,27-,30?,31?,32+,33+/m1/s1. The molecule has 0 radical (unpaired) electrons. The topological polar surface area (TPSA) is 307 Å². The van der Waals surface area contributed by atoms with E-state index in [2.05, 4.69) is 6.58 Å². The van der Waals surface area contributed by atoms with E-state index < -0.39 is 147 Å². The van der Waals surface area contributed by atoms with Crippen LogP contribution in [0.3, 0.4) is 0 Å². The first-order valence-electron chi connectivity index (χ1n) is 16.9. The van der Waals surface area contributed by atoms with Gasteiger partial charge >= 0.3 is 17.9 Å². The van der Waals surface area contributed by atoms with Gasteiger partial charge in [0.2, 0.25) is 12.6 Å². The first kappa shape index (κ1) is 40.9. The SMILES string of the molecule is C=CC1C(O[C@@H]2O[C@H](CO)[C@@H](O)[C@H](O)[C@H]2O)OC=C(C(=O)OC)C1CC(=O)OC1CC2C(C(=O)O)=COC(O[C@@H]3O[C@H](CO)[C@@H](O)[C@H](O)[C@H]3O)C2C1C. The van der Waals surface area contributed by atoms with Crippen molar-refractivity contribution in [3.8, 4) is 0 Å². The van der Waals surface area contributed by atoms with Crippen LogP contribution < -0.4 is 0 Å². The molecule has 5 aliphatic rings. The van der Waals surface area contributed by atoms with E-state index in [4.69, 9.17) is 37.9 Å². The van der Waals surface area contributed by atoms with Crippen LogP contribution in [-0.4, -0.2) is 164 Å². The molecule has 298 valence electrons. The minimum Gasteiger partial charge on any atom is -0.478 e. The lowest BCUT2D eigenvalue weighted by molar-refractivity contribution is -0.342. The van der Waals surface area contributed by atoms with Crippen molar-refractivity contribution in [3.05, 3.63) is 36.3 Å². The van der Waals surface area contributed by atoms with Crippen molar-refractivity contribution in [2.75, 3.05) is 20.3 Å². The molecule has 18 atom stereocenters. The summed E-state index contributed by atoms with van der Waals surface area (Å²) in [4.78, 5) is 38.6. The summed E-state index contributed by atoms with van der Waals surface area (Å²) >= 11 is 0. The van der Waals surface area contributed by atoms with Gasteiger partial charge in [-0.1, -0.05) is 13.0 Å². The molecule has 9 N–H and O–H groups in total. The van der Waals surface area contributed by atoms with Crippen molar-refractivity contribution in [1.29, 1.82) is 0 Å². The van der Waals surface area contributed by atoms with Crippen molar-refractivity contribution >= 4 is 17.9 Å². The van der Waals surface area contributed by atoms with Gasteiger partial charge in [0.1, 0.15) is 54.9 Å². The molecule has 0 aromatic heterocycles. The predicted octanol–water partition coefficient (Wildman–Crippen LogP) is -3.65. The highest BCUT2D eigenvalue weighted by molar-refractivity contribution is 5.90. The van der Waals surface area contributed by atoms with E-state index in [0.717, 1.165) is 19.6 Å². The zero-order valence-corrected chi connectivity index (χ0v) is 28.7. The number of fused-ring (bicyclic) bond motifs is 1. The Morgan fingerprint density at radius 3 is 1.85 bits per heavy atom. The molecule has 0 spiro atoms. The van der Waals surface area contributed by atoms with Gasteiger partial charge in [0, 0.05) is 29.6 Å². The first-order valence-corrected chi connectivity index (χ1v) is 16.9. The molecule has 0 aromatic carbocycles. The highest BCUT2D eigenvalue weighted by atomic mass is 16.8. The van der Waals surface area contributed by atoms with Gasteiger partial charge in [-0.2, -0.15) is 0 Å². The number of aliphatic hydroxyl groups excluding tert-OH is 8. The zero-order valence-electron chi connectivity index (χ0n) is 28.7. The Bertz CT molecular complexity index is 1400. The van der Waals surface area contributed by atoms with Crippen LogP contribution in [0.25, 0.3) is 0 Å². The molecule has 1 saturated carbocycles. The molecule has 5 rings (SSSR count). The van der Waals surface area contributed by atoms with E-state index in [1.165, 1.54) is 6.08 Å². The van der Waals surface area contributed by atoms with Gasteiger partial charge in [-0.3, -0.25) is 4.79 Å². The number of rotatable bonds is 12. The number of carboxylic acid groups (broad SMARTS) is 1. The molecule has 4 aliphatic heterocycles. The fourth-order valence-corrected chi connectivity index (χ4v) is 7.51. The maximum Gasteiger partial charge on any atom is 0.337 e. The highest BCUT2D eigenvalue weighted by Crippen LogP contribution is 2.49. The summed E-state index contributed by atoms with van der Waals surface area (Å²) in [5.41, 5.74) is -0.247. The second-order valence-electron chi connectivity index (χ2n) is 13.5. The molecule has 20 nitrogen and oxygen atoms in total. The summed E-state index contributed by atoms with van der Waals surface area (Å²) in [7, 11) is 1.11. The van der Waals surface area contributed by atoms with Crippen molar-refractivity contribution < 1.29 is 98.2 Å². The summed E-state index contributed by atoms with van der Waals surface area (Å²) in [5, 5.41) is 90.8. The van der Waals surface area contributed by atoms with Crippen LogP contribution in [0.5, 0.6) is 0 Å². The number of aliphatic carboxylic acids is 1. The van der Waals surface area contributed by atoms with Crippen LogP contribution in [-0.2, 0) is 52.3 Å². The van der Waals surface area contributed by atoms with E-state index in [9.17, 15) is 60.3 Å². The number of aliphatic hydroxyl groups is 8. The summed E-state index contributed by atoms with van der Waals surface area (Å²) in [6.07, 6.45) is -17.0. The average molecular weight is 763 g/mol. The zero-order chi connectivity index (χ0) is 38.9.